The number of hydrogen-bond donors (Lipinski definition) is 0. The van der Waals surface area contributed by atoms with Gasteiger partial charge in [-0.2, -0.15) is 25.2 Å². The first-order valence-corrected chi connectivity index (χ1v) is 12.6. The molecule has 3 aromatic rings. The average molecular weight is 485 g/mol. The SMILES string of the molecule is CC(C)(C)Oc1cccc(S(OS(=O)(=O)C(F)(F)F)(c2ccccc2)c2ccccc2)c1. The molecule has 3 rings (SSSR count). The molecule has 0 unspecified atom stereocenters. The van der Waals surface area contributed by atoms with Crippen LogP contribution in [0.4, 0.5) is 13.2 Å². The van der Waals surface area contributed by atoms with E-state index in [-0.39, 0.29) is 4.90 Å². The predicted molar refractivity (Wildman–Crippen MR) is 118 cm³/mol. The number of ether oxygens (including phenoxy) is 1. The highest BCUT2D eigenvalue weighted by atomic mass is 32.3. The highest BCUT2D eigenvalue weighted by Crippen LogP contribution is 2.70. The fourth-order valence-electron chi connectivity index (χ4n) is 2.99. The zero-order valence-corrected chi connectivity index (χ0v) is 19.3. The summed E-state index contributed by atoms with van der Waals surface area (Å²) in [7, 11) is -9.29. The van der Waals surface area contributed by atoms with E-state index in [9.17, 15) is 21.6 Å². The first kappa shape index (κ1) is 24.2. The Hall–Kier alpha value is -2.49. The van der Waals surface area contributed by atoms with Crippen LogP contribution in [0.25, 0.3) is 0 Å². The van der Waals surface area contributed by atoms with Gasteiger partial charge in [0.2, 0.25) is 0 Å². The second-order valence-corrected chi connectivity index (χ2v) is 12.3. The molecule has 0 saturated carbocycles. The molecule has 0 bridgehead atoms. The first-order valence-electron chi connectivity index (χ1n) is 9.60. The van der Waals surface area contributed by atoms with Gasteiger partial charge in [-0.15, -0.1) is 0 Å². The summed E-state index contributed by atoms with van der Waals surface area (Å²) in [5.74, 6) is 0.381. The second kappa shape index (κ2) is 8.80. The lowest BCUT2D eigenvalue weighted by Gasteiger charge is -2.39. The largest absolute Gasteiger partial charge is 0.524 e. The molecule has 4 nitrogen and oxygen atoms in total. The monoisotopic (exact) mass is 484 g/mol. The Labute approximate surface area is 187 Å². The van der Waals surface area contributed by atoms with Gasteiger partial charge in [-0.3, -0.25) is 0 Å². The van der Waals surface area contributed by atoms with E-state index in [1.807, 2.05) is 20.8 Å². The lowest BCUT2D eigenvalue weighted by Crippen LogP contribution is -2.27. The van der Waals surface area contributed by atoms with Gasteiger partial charge in [0.25, 0.3) is 0 Å². The van der Waals surface area contributed by atoms with E-state index >= 15 is 0 Å². The molecule has 0 heterocycles. The van der Waals surface area contributed by atoms with Crippen molar-refractivity contribution in [3.63, 3.8) is 0 Å². The van der Waals surface area contributed by atoms with Crippen LogP contribution in [0.1, 0.15) is 20.8 Å². The fraction of sp³-hybridized carbons (Fsp3) is 0.217. The normalized spacial score (nSPS) is 13.6. The van der Waals surface area contributed by atoms with Crippen molar-refractivity contribution in [2.45, 2.75) is 46.6 Å². The van der Waals surface area contributed by atoms with Crippen molar-refractivity contribution in [3.05, 3.63) is 84.9 Å². The average Bonchev–Trinajstić information content (AvgIpc) is 2.71. The van der Waals surface area contributed by atoms with Crippen LogP contribution in [-0.4, -0.2) is 19.5 Å². The van der Waals surface area contributed by atoms with Gasteiger partial charge in [0.05, 0.1) is 0 Å². The molecule has 0 radical (unpaired) electrons. The highest BCUT2D eigenvalue weighted by molar-refractivity contribution is 8.33. The molecule has 0 N–H and O–H groups in total. The molecule has 0 fully saturated rings. The van der Waals surface area contributed by atoms with Gasteiger partial charge >= 0.3 is 15.6 Å². The van der Waals surface area contributed by atoms with Crippen LogP contribution in [0.15, 0.2) is 99.6 Å². The number of alkyl halides is 3. The van der Waals surface area contributed by atoms with Crippen molar-refractivity contribution in [2.75, 3.05) is 0 Å². The third kappa shape index (κ3) is 5.11. The van der Waals surface area contributed by atoms with Gasteiger partial charge in [0.1, 0.15) is 11.4 Å². The topological polar surface area (TPSA) is 52.6 Å². The Kier molecular flexibility index (Phi) is 6.65. The standard InChI is InChI=1S/C23H23F3O4S2/c1-22(2,3)29-18-11-10-16-21(17-18)31(19-12-6-4-7-13-19,20-14-8-5-9-15-20)30-32(27,28)23(24,25)26/h4-17H,1-3H3. The van der Waals surface area contributed by atoms with Gasteiger partial charge in [-0.05, 0) is 73.5 Å². The molecule has 0 spiro atoms. The van der Waals surface area contributed by atoms with E-state index in [2.05, 4.69) is 0 Å². The Morgan fingerprint density at radius 1 is 0.688 bits per heavy atom. The van der Waals surface area contributed by atoms with E-state index in [0.717, 1.165) is 0 Å². The summed E-state index contributed by atoms with van der Waals surface area (Å²) in [4.78, 5) is 0.850. The Morgan fingerprint density at radius 3 is 1.59 bits per heavy atom. The van der Waals surface area contributed by atoms with E-state index in [0.29, 0.717) is 15.5 Å². The van der Waals surface area contributed by atoms with Crippen molar-refractivity contribution in [3.8, 4) is 5.75 Å². The van der Waals surface area contributed by atoms with Gasteiger partial charge in [0.15, 0.2) is 0 Å². The molecule has 32 heavy (non-hydrogen) atoms. The third-order valence-electron chi connectivity index (χ3n) is 4.19. The van der Waals surface area contributed by atoms with Crippen LogP contribution in [0.3, 0.4) is 0 Å². The smallest absolute Gasteiger partial charge is 0.488 e. The highest BCUT2D eigenvalue weighted by Gasteiger charge is 2.52. The molecule has 0 aliphatic heterocycles. The van der Waals surface area contributed by atoms with Crippen LogP contribution in [-0.2, 0) is 13.7 Å². The van der Waals surface area contributed by atoms with Crippen LogP contribution in [0.5, 0.6) is 5.75 Å². The fourth-order valence-corrected chi connectivity index (χ4v) is 7.77. The maximum Gasteiger partial charge on any atom is 0.524 e. The quantitative estimate of drug-likeness (QED) is 0.356. The van der Waals surface area contributed by atoms with E-state index in [4.69, 9.17) is 8.37 Å². The van der Waals surface area contributed by atoms with Crippen LogP contribution >= 0.6 is 10.3 Å². The molecule has 0 aliphatic carbocycles. The minimum Gasteiger partial charge on any atom is -0.488 e. The van der Waals surface area contributed by atoms with Crippen LogP contribution < -0.4 is 4.74 Å². The van der Waals surface area contributed by atoms with Crippen molar-refractivity contribution < 1.29 is 30.0 Å². The summed E-state index contributed by atoms with van der Waals surface area (Å²) in [5.41, 5.74) is -6.16. The van der Waals surface area contributed by atoms with Crippen molar-refractivity contribution in [1.29, 1.82) is 0 Å². The van der Waals surface area contributed by atoms with Crippen LogP contribution in [0.2, 0.25) is 0 Å². The van der Waals surface area contributed by atoms with Crippen LogP contribution in [0, 0.1) is 0 Å². The molecular formula is C23H23F3O4S2. The lowest BCUT2D eigenvalue weighted by atomic mass is 10.2. The summed E-state index contributed by atoms with van der Waals surface area (Å²) in [6.45, 7) is 5.50. The second-order valence-electron chi connectivity index (χ2n) is 7.84. The summed E-state index contributed by atoms with van der Waals surface area (Å²) >= 11 is 0. The van der Waals surface area contributed by atoms with Gasteiger partial charge < -0.3 is 4.74 Å². The van der Waals surface area contributed by atoms with E-state index < -0.39 is 31.5 Å². The Morgan fingerprint density at radius 2 is 1.16 bits per heavy atom. The van der Waals surface area contributed by atoms with Crippen molar-refractivity contribution in [2.24, 2.45) is 0 Å². The summed E-state index contributed by atoms with van der Waals surface area (Å²) < 4.78 is 76.3. The van der Waals surface area contributed by atoms with Gasteiger partial charge in [-0.25, -0.2) is 0 Å². The number of hydrogen-bond acceptors (Lipinski definition) is 4. The molecule has 9 heteroatoms. The Bertz CT molecular complexity index is 1120. The number of rotatable bonds is 6. The zero-order valence-electron chi connectivity index (χ0n) is 17.7. The Balaban J connectivity index is 2.36. The predicted octanol–water partition coefficient (Wildman–Crippen LogP) is 6.93. The third-order valence-corrected chi connectivity index (χ3v) is 9.08. The molecule has 0 aliphatic rings. The van der Waals surface area contributed by atoms with Gasteiger partial charge in [-0.1, -0.05) is 42.5 Å². The maximum absolute atomic E-state index is 13.5. The molecule has 3 aromatic carbocycles. The lowest BCUT2D eigenvalue weighted by molar-refractivity contribution is -0.0496. The molecule has 0 saturated heterocycles. The van der Waals surface area contributed by atoms with E-state index in [1.54, 1.807) is 78.9 Å². The molecular weight excluding hydrogens is 461 g/mol. The molecule has 0 amide bonds. The number of benzene rings is 3. The van der Waals surface area contributed by atoms with E-state index in [1.165, 1.54) is 6.07 Å². The first-order chi connectivity index (χ1) is 14.9. The zero-order chi connectivity index (χ0) is 23.6. The molecule has 172 valence electrons. The van der Waals surface area contributed by atoms with Gasteiger partial charge in [0, 0.05) is 14.7 Å². The van der Waals surface area contributed by atoms with Crippen molar-refractivity contribution >= 4 is 20.4 Å². The minimum atomic E-state index is -5.95. The summed E-state index contributed by atoms with van der Waals surface area (Å²) in [6.07, 6.45) is 0. The maximum atomic E-state index is 13.5. The van der Waals surface area contributed by atoms with Crippen molar-refractivity contribution in [1.82, 2.24) is 0 Å². The number of halogens is 3. The summed E-state index contributed by atoms with van der Waals surface area (Å²) in [6, 6.07) is 22.5. The summed E-state index contributed by atoms with van der Waals surface area (Å²) in [5, 5.41) is 0. The molecule has 0 atom stereocenters. The minimum absolute atomic E-state index is 0.254. The molecule has 0 aromatic heterocycles.